The third kappa shape index (κ3) is 5.32. The average molecular weight is 437 g/mol. The molecule has 2 aromatic rings. The fourth-order valence-corrected chi connectivity index (χ4v) is 3.66. The molecule has 0 aromatic heterocycles. The van der Waals surface area contributed by atoms with Crippen LogP contribution < -0.4 is 15.0 Å². The number of carbonyl (C=O) groups excluding carboxylic acids is 2. The van der Waals surface area contributed by atoms with Crippen LogP contribution in [0.2, 0.25) is 0 Å². The van der Waals surface area contributed by atoms with Crippen molar-refractivity contribution in [2.24, 2.45) is 11.3 Å². The molecule has 2 aromatic carbocycles. The molecule has 5 heteroatoms. The lowest BCUT2D eigenvalue weighted by Crippen LogP contribution is -2.42. The number of rotatable bonds is 5. The summed E-state index contributed by atoms with van der Waals surface area (Å²) in [6, 6.07) is 13.2. The van der Waals surface area contributed by atoms with Gasteiger partial charge in [-0.05, 0) is 61.4 Å². The van der Waals surface area contributed by atoms with E-state index in [-0.39, 0.29) is 17.2 Å². The minimum Gasteiger partial charge on any atom is -0.490 e. The van der Waals surface area contributed by atoms with Crippen molar-refractivity contribution in [2.45, 2.75) is 60.3 Å². The Balaban J connectivity index is 1.83. The standard InChI is InChI=1S/C27H36N2O3/c1-18(2)14-15-29-22-13-12-21(16-23(22)32-17-27(6,7)25(29)31)28-24(30)19-8-10-20(11-9-19)26(3,4)5/h8-13,16,18H,14-15,17H2,1-7H3,(H,28,30). The topological polar surface area (TPSA) is 58.6 Å². The number of nitrogens with one attached hydrogen (secondary N) is 1. The number of nitrogens with zero attached hydrogens (tertiary/aromatic N) is 1. The molecule has 0 saturated carbocycles. The number of hydrogen-bond donors (Lipinski definition) is 1. The lowest BCUT2D eigenvalue weighted by atomic mass is 9.87. The number of benzene rings is 2. The number of carbonyl (C=O) groups is 2. The maximum Gasteiger partial charge on any atom is 0.255 e. The molecule has 0 saturated heterocycles. The summed E-state index contributed by atoms with van der Waals surface area (Å²) < 4.78 is 6.04. The largest absolute Gasteiger partial charge is 0.490 e. The Labute approximate surface area is 192 Å². The SMILES string of the molecule is CC(C)CCN1C(=O)C(C)(C)COc2cc(NC(=O)c3ccc(C(C)(C)C)cc3)ccc21. The van der Waals surface area contributed by atoms with Crippen molar-refractivity contribution in [1.29, 1.82) is 0 Å². The molecule has 2 amide bonds. The molecule has 3 rings (SSSR count). The van der Waals surface area contributed by atoms with Gasteiger partial charge in [-0.3, -0.25) is 9.59 Å². The van der Waals surface area contributed by atoms with E-state index in [1.165, 1.54) is 5.56 Å². The van der Waals surface area contributed by atoms with Crippen LogP contribution in [0.1, 0.15) is 70.8 Å². The zero-order valence-corrected chi connectivity index (χ0v) is 20.4. The van der Waals surface area contributed by atoms with E-state index in [2.05, 4.69) is 39.9 Å². The number of ether oxygens (including phenoxy) is 1. The fourth-order valence-electron chi connectivity index (χ4n) is 3.66. The Bertz CT molecular complexity index is 985. The van der Waals surface area contributed by atoms with Crippen molar-refractivity contribution in [3.8, 4) is 5.75 Å². The first kappa shape index (κ1) is 23.8. The second-order valence-corrected chi connectivity index (χ2v) is 10.8. The van der Waals surface area contributed by atoms with Gasteiger partial charge in [-0.1, -0.05) is 46.8 Å². The van der Waals surface area contributed by atoms with Gasteiger partial charge in [0.15, 0.2) is 0 Å². The highest BCUT2D eigenvalue weighted by Crippen LogP contribution is 2.38. The van der Waals surface area contributed by atoms with E-state index in [4.69, 9.17) is 4.74 Å². The van der Waals surface area contributed by atoms with Gasteiger partial charge >= 0.3 is 0 Å². The highest BCUT2D eigenvalue weighted by molar-refractivity contribution is 6.05. The molecule has 0 atom stereocenters. The minimum absolute atomic E-state index is 0.0377. The Morgan fingerprint density at radius 2 is 1.78 bits per heavy atom. The summed E-state index contributed by atoms with van der Waals surface area (Å²) in [6.45, 7) is 15.5. The summed E-state index contributed by atoms with van der Waals surface area (Å²) in [5.41, 5.74) is 2.60. The van der Waals surface area contributed by atoms with Gasteiger partial charge in [-0.25, -0.2) is 0 Å². The summed E-state index contributed by atoms with van der Waals surface area (Å²) in [7, 11) is 0. The van der Waals surface area contributed by atoms with Crippen molar-refractivity contribution in [3.05, 3.63) is 53.6 Å². The summed E-state index contributed by atoms with van der Waals surface area (Å²) in [5, 5.41) is 2.96. The molecule has 32 heavy (non-hydrogen) atoms. The second-order valence-electron chi connectivity index (χ2n) is 10.8. The van der Waals surface area contributed by atoms with Crippen LogP contribution in [0, 0.1) is 11.3 Å². The lowest BCUT2D eigenvalue weighted by molar-refractivity contribution is -0.127. The summed E-state index contributed by atoms with van der Waals surface area (Å²) in [5.74, 6) is 0.995. The van der Waals surface area contributed by atoms with E-state index in [0.29, 0.717) is 36.1 Å². The minimum atomic E-state index is -0.617. The van der Waals surface area contributed by atoms with Crippen LogP contribution in [0.25, 0.3) is 0 Å². The molecule has 1 aliphatic heterocycles. The van der Waals surface area contributed by atoms with E-state index in [1.54, 1.807) is 0 Å². The van der Waals surface area contributed by atoms with E-state index >= 15 is 0 Å². The van der Waals surface area contributed by atoms with Crippen LogP contribution in [-0.4, -0.2) is 25.0 Å². The Kier molecular flexibility index (Phi) is 6.68. The zero-order valence-electron chi connectivity index (χ0n) is 20.4. The summed E-state index contributed by atoms with van der Waals surface area (Å²) >= 11 is 0. The molecule has 5 nitrogen and oxygen atoms in total. The number of hydrogen-bond acceptors (Lipinski definition) is 3. The van der Waals surface area contributed by atoms with Crippen LogP contribution in [0.3, 0.4) is 0 Å². The van der Waals surface area contributed by atoms with E-state index in [0.717, 1.165) is 12.1 Å². The molecule has 172 valence electrons. The highest BCUT2D eigenvalue weighted by atomic mass is 16.5. The van der Waals surface area contributed by atoms with Gasteiger partial charge in [0.25, 0.3) is 5.91 Å². The molecule has 0 unspecified atom stereocenters. The Hall–Kier alpha value is -2.82. The van der Waals surface area contributed by atoms with Gasteiger partial charge in [0.05, 0.1) is 11.1 Å². The van der Waals surface area contributed by atoms with Gasteiger partial charge in [0.1, 0.15) is 12.4 Å². The number of amides is 2. The first-order valence-electron chi connectivity index (χ1n) is 11.4. The Morgan fingerprint density at radius 1 is 1.12 bits per heavy atom. The monoisotopic (exact) mass is 436 g/mol. The number of anilines is 2. The molecule has 0 spiro atoms. The summed E-state index contributed by atoms with van der Waals surface area (Å²) in [4.78, 5) is 27.8. The zero-order chi connectivity index (χ0) is 23.7. The van der Waals surface area contributed by atoms with Gasteiger partial charge in [-0.2, -0.15) is 0 Å². The smallest absolute Gasteiger partial charge is 0.255 e. The van der Waals surface area contributed by atoms with Crippen LogP contribution in [-0.2, 0) is 10.2 Å². The Morgan fingerprint density at radius 3 is 2.38 bits per heavy atom. The maximum atomic E-state index is 13.2. The number of fused-ring (bicyclic) bond motifs is 1. The quantitative estimate of drug-likeness (QED) is 0.622. The maximum absolute atomic E-state index is 13.2. The second kappa shape index (κ2) is 8.97. The van der Waals surface area contributed by atoms with Crippen LogP contribution >= 0.6 is 0 Å². The first-order valence-corrected chi connectivity index (χ1v) is 11.4. The van der Waals surface area contributed by atoms with E-state index in [9.17, 15) is 9.59 Å². The van der Waals surface area contributed by atoms with E-state index < -0.39 is 5.41 Å². The third-order valence-corrected chi connectivity index (χ3v) is 5.86. The van der Waals surface area contributed by atoms with Gasteiger partial charge in [-0.15, -0.1) is 0 Å². The predicted molar refractivity (Wildman–Crippen MR) is 131 cm³/mol. The van der Waals surface area contributed by atoms with Crippen LogP contribution in [0.15, 0.2) is 42.5 Å². The molecular weight excluding hydrogens is 400 g/mol. The normalized spacial score (nSPS) is 15.8. The van der Waals surface area contributed by atoms with Crippen molar-refractivity contribution in [3.63, 3.8) is 0 Å². The molecule has 1 heterocycles. The molecule has 1 N–H and O–H groups in total. The molecule has 0 radical (unpaired) electrons. The van der Waals surface area contributed by atoms with Gasteiger partial charge < -0.3 is 15.0 Å². The van der Waals surface area contributed by atoms with Crippen molar-refractivity contribution in [1.82, 2.24) is 0 Å². The molecular formula is C27H36N2O3. The summed E-state index contributed by atoms with van der Waals surface area (Å²) in [6.07, 6.45) is 0.907. The lowest BCUT2D eigenvalue weighted by Gasteiger charge is -2.28. The van der Waals surface area contributed by atoms with E-state index in [1.807, 2.05) is 61.2 Å². The van der Waals surface area contributed by atoms with Crippen molar-refractivity contribution < 1.29 is 14.3 Å². The molecule has 1 aliphatic rings. The van der Waals surface area contributed by atoms with Gasteiger partial charge in [0, 0.05) is 23.9 Å². The van der Waals surface area contributed by atoms with Crippen LogP contribution in [0.5, 0.6) is 5.75 Å². The fraction of sp³-hybridized carbons (Fsp3) is 0.481. The van der Waals surface area contributed by atoms with Crippen LogP contribution in [0.4, 0.5) is 11.4 Å². The molecule has 0 aliphatic carbocycles. The molecule has 0 fully saturated rings. The highest BCUT2D eigenvalue weighted by Gasteiger charge is 2.37. The molecule has 0 bridgehead atoms. The van der Waals surface area contributed by atoms with Gasteiger partial charge in [0.2, 0.25) is 5.91 Å². The third-order valence-electron chi connectivity index (χ3n) is 5.86. The van der Waals surface area contributed by atoms with Crippen molar-refractivity contribution >= 4 is 23.2 Å². The predicted octanol–water partition coefficient (Wildman–Crippen LogP) is 6.03. The first-order chi connectivity index (χ1) is 14.9. The average Bonchev–Trinajstić information content (AvgIpc) is 2.81. The van der Waals surface area contributed by atoms with Crippen molar-refractivity contribution in [2.75, 3.05) is 23.4 Å².